The summed E-state index contributed by atoms with van der Waals surface area (Å²) in [7, 11) is 1.64. The molecule has 180 valence electrons. The van der Waals surface area contributed by atoms with Crippen LogP contribution in [-0.4, -0.2) is 63.8 Å². The summed E-state index contributed by atoms with van der Waals surface area (Å²) in [4.78, 5) is 26.9. The maximum absolute atomic E-state index is 13.1. The first-order valence-corrected chi connectivity index (χ1v) is 12.0. The molecule has 0 aliphatic carbocycles. The number of para-hydroxylation sites is 1. The molecule has 5 rings (SSSR count). The normalized spacial score (nSPS) is 14.4. The van der Waals surface area contributed by atoms with Crippen LogP contribution in [0.3, 0.4) is 0 Å². The molecule has 9 heteroatoms. The lowest BCUT2D eigenvalue weighted by molar-refractivity contribution is 0.0767. The average Bonchev–Trinajstić information content (AvgIpc) is 3.04. The topological polar surface area (TPSA) is 76.4 Å². The van der Waals surface area contributed by atoms with E-state index in [4.69, 9.17) is 31.4 Å². The van der Waals surface area contributed by atoms with Gasteiger partial charge in [-0.05, 0) is 37.6 Å². The summed E-state index contributed by atoms with van der Waals surface area (Å²) >= 11 is 6.29. The Morgan fingerprint density at radius 2 is 1.77 bits per heavy atom. The van der Waals surface area contributed by atoms with Gasteiger partial charge in [-0.2, -0.15) is 5.10 Å². The van der Waals surface area contributed by atoms with Gasteiger partial charge in [0.05, 0.1) is 27.4 Å². The molecule has 0 atom stereocenters. The van der Waals surface area contributed by atoms with Crippen LogP contribution in [0.1, 0.15) is 28.3 Å². The highest BCUT2D eigenvalue weighted by Crippen LogP contribution is 2.30. The number of benzene rings is 2. The monoisotopic (exact) mass is 490 g/mol. The van der Waals surface area contributed by atoms with Crippen molar-refractivity contribution in [3.8, 4) is 5.69 Å². The summed E-state index contributed by atoms with van der Waals surface area (Å²) in [5.41, 5.74) is 3.08. The van der Waals surface area contributed by atoms with Gasteiger partial charge in [0.2, 0.25) is 0 Å². The Bertz CT molecular complexity index is 1360. The van der Waals surface area contributed by atoms with Gasteiger partial charge >= 0.3 is 0 Å². The second-order valence-electron chi connectivity index (χ2n) is 8.54. The molecular formula is C26H27ClN6O2. The maximum Gasteiger partial charge on any atom is 0.255 e. The summed E-state index contributed by atoms with van der Waals surface area (Å²) < 4.78 is 7.23. The van der Waals surface area contributed by atoms with Gasteiger partial charge < -0.3 is 14.5 Å². The number of anilines is 1. The van der Waals surface area contributed by atoms with E-state index in [9.17, 15) is 4.79 Å². The van der Waals surface area contributed by atoms with Crippen LogP contribution < -0.4 is 4.90 Å². The van der Waals surface area contributed by atoms with Crippen LogP contribution in [0.2, 0.25) is 5.02 Å². The van der Waals surface area contributed by atoms with Gasteiger partial charge in [-0.15, -0.1) is 0 Å². The first-order valence-electron chi connectivity index (χ1n) is 11.7. The number of methoxy groups -OCH3 is 1. The molecule has 0 unspecified atom stereocenters. The van der Waals surface area contributed by atoms with Crippen molar-refractivity contribution in [3.05, 3.63) is 76.7 Å². The number of aryl methyl sites for hydroxylation is 1. The van der Waals surface area contributed by atoms with Crippen LogP contribution in [0.5, 0.6) is 0 Å². The highest BCUT2D eigenvalue weighted by Gasteiger charge is 2.26. The zero-order valence-corrected chi connectivity index (χ0v) is 20.6. The van der Waals surface area contributed by atoms with E-state index in [2.05, 4.69) is 4.90 Å². The molecular weight excluding hydrogens is 464 g/mol. The van der Waals surface area contributed by atoms with Gasteiger partial charge in [-0.3, -0.25) is 4.79 Å². The molecule has 4 aromatic rings. The van der Waals surface area contributed by atoms with Gasteiger partial charge in [0, 0.05) is 33.3 Å². The molecule has 1 saturated heterocycles. The van der Waals surface area contributed by atoms with Crippen molar-refractivity contribution in [2.24, 2.45) is 0 Å². The summed E-state index contributed by atoms with van der Waals surface area (Å²) in [5.74, 6) is 1.38. The Balaban J connectivity index is 1.50. The number of rotatable bonds is 5. The van der Waals surface area contributed by atoms with Crippen molar-refractivity contribution < 1.29 is 9.53 Å². The minimum absolute atomic E-state index is 0.0431. The largest absolute Gasteiger partial charge is 0.377 e. The zero-order chi connectivity index (χ0) is 24.4. The second-order valence-corrected chi connectivity index (χ2v) is 8.95. The van der Waals surface area contributed by atoms with Crippen LogP contribution in [0.25, 0.3) is 16.7 Å². The molecule has 8 nitrogen and oxygen atoms in total. The van der Waals surface area contributed by atoms with Gasteiger partial charge in [0.25, 0.3) is 5.91 Å². The smallest absolute Gasteiger partial charge is 0.255 e. The number of carbonyl (C=O) groups excluding carboxylic acids is 1. The van der Waals surface area contributed by atoms with E-state index in [1.165, 1.54) is 0 Å². The van der Waals surface area contributed by atoms with Crippen LogP contribution in [0.4, 0.5) is 5.82 Å². The SMILES string of the molecule is COCc1nc(N2CCCN(C(=O)c3ccccc3Cl)CC2)c2c(C)nn(-c3ccccc3)c2n1. The fraction of sp³-hybridized carbons (Fsp3) is 0.308. The van der Waals surface area contributed by atoms with E-state index in [1.54, 1.807) is 19.2 Å². The molecule has 35 heavy (non-hydrogen) atoms. The lowest BCUT2D eigenvalue weighted by Crippen LogP contribution is -2.35. The molecule has 0 radical (unpaired) electrons. The van der Waals surface area contributed by atoms with Crippen molar-refractivity contribution in [3.63, 3.8) is 0 Å². The van der Waals surface area contributed by atoms with E-state index in [0.29, 0.717) is 42.7 Å². The van der Waals surface area contributed by atoms with Crippen LogP contribution in [0, 0.1) is 6.92 Å². The van der Waals surface area contributed by atoms with Crippen LogP contribution >= 0.6 is 11.6 Å². The van der Waals surface area contributed by atoms with Gasteiger partial charge in [-0.1, -0.05) is 41.9 Å². The quantitative estimate of drug-likeness (QED) is 0.415. The number of nitrogens with zero attached hydrogens (tertiary/aromatic N) is 6. The number of carbonyl (C=O) groups is 1. The summed E-state index contributed by atoms with van der Waals surface area (Å²) in [5, 5.41) is 6.19. The van der Waals surface area contributed by atoms with Crippen molar-refractivity contribution in [1.29, 1.82) is 0 Å². The van der Waals surface area contributed by atoms with Crippen molar-refractivity contribution in [2.75, 3.05) is 38.2 Å². The molecule has 2 aromatic heterocycles. The molecule has 3 heterocycles. The minimum Gasteiger partial charge on any atom is -0.377 e. The molecule has 1 amide bonds. The fourth-order valence-electron chi connectivity index (χ4n) is 4.51. The van der Waals surface area contributed by atoms with Crippen molar-refractivity contribution in [2.45, 2.75) is 20.0 Å². The molecule has 1 aliphatic rings. The lowest BCUT2D eigenvalue weighted by Gasteiger charge is -2.24. The lowest BCUT2D eigenvalue weighted by atomic mass is 10.2. The number of ether oxygens (including phenoxy) is 1. The summed E-state index contributed by atoms with van der Waals surface area (Å²) in [6, 6.07) is 17.2. The number of aromatic nitrogens is 4. The predicted octanol–water partition coefficient (Wildman–Crippen LogP) is 4.28. The Kier molecular flexibility index (Phi) is 6.66. The van der Waals surface area contributed by atoms with Gasteiger partial charge in [0.1, 0.15) is 12.4 Å². The number of halogens is 1. The van der Waals surface area contributed by atoms with E-state index < -0.39 is 0 Å². The van der Waals surface area contributed by atoms with Crippen molar-refractivity contribution >= 4 is 34.4 Å². The summed E-state index contributed by atoms with van der Waals surface area (Å²) in [6.07, 6.45) is 0.813. The molecule has 2 aromatic carbocycles. The zero-order valence-electron chi connectivity index (χ0n) is 19.8. The van der Waals surface area contributed by atoms with E-state index in [1.807, 2.05) is 59.0 Å². The molecule has 1 aliphatic heterocycles. The Morgan fingerprint density at radius 1 is 1.00 bits per heavy atom. The minimum atomic E-state index is -0.0431. The third-order valence-electron chi connectivity index (χ3n) is 6.19. The predicted molar refractivity (Wildman–Crippen MR) is 136 cm³/mol. The Labute approximate surface area is 209 Å². The maximum atomic E-state index is 13.1. The average molecular weight is 491 g/mol. The summed E-state index contributed by atoms with van der Waals surface area (Å²) in [6.45, 7) is 4.91. The number of hydrogen-bond acceptors (Lipinski definition) is 6. The first-order chi connectivity index (χ1) is 17.1. The highest BCUT2D eigenvalue weighted by molar-refractivity contribution is 6.33. The Hall–Kier alpha value is -3.49. The van der Waals surface area contributed by atoms with Gasteiger partial charge in [0.15, 0.2) is 11.5 Å². The van der Waals surface area contributed by atoms with E-state index in [0.717, 1.165) is 41.2 Å². The second kappa shape index (κ2) is 10.0. The number of hydrogen-bond donors (Lipinski definition) is 0. The Morgan fingerprint density at radius 3 is 2.54 bits per heavy atom. The molecule has 0 N–H and O–H groups in total. The van der Waals surface area contributed by atoms with E-state index in [-0.39, 0.29) is 5.91 Å². The van der Waals surface area contributed by atoms with Crippen molar-refractivity contribution in [1.82, 2.24) is 24.6 Å². The van der Waals surface area contributed by atoms with Gasteiger partial charge in [-0.25, -0.2) is 14.6 Å². The van der Waals surface area contributed by atoms with Crippen LogP contribution in [0.15, 0.2) is 54.6 Å². The first kappa shape index (κ1) is 23.3. The van der Waals surface area contributed by atoms with Crippen LogP contribution in [-0.2, 0) is 11.3 Å². The third kappa shape index (κ3) is 4.59. The molecule has 0 spiro atoms. The molecule has 0 saturated carbocycles. The molecule has 1 fully saturated rings. The molecule has 0 bridgehead atoms. The number of fused-ring (bicyclic) bond motifs is 1. The highest BCUT2D eigenvalue weighted by atomic mass is 35.5. The third-order valence-corrected chi connectivity index (χ3v) is 6.52. The number of amides is 1. The standard InChI is InChI=1S/C26H27ClN6O2/c1-18-23-24(28-22(17-35-2)29-25(23)33(30-18)19-9-4-3-5-10-19)31-13-8-14-32(16-15-31)26(34)20-11-6-7-12-21(20)27/h3-7,9-12H,8,13-17H2,1-2H3. The van der Waals surface area contributed by atoms with E-state index >= 15 is 0 Å². The fourth-order valence-corrected chi connectivity index (χ4v) is 4.73.